The third-order valence-electron chi connectivity index (χ3n) is 6.73. The van der Waals surface area contributed by atoms with Crippen molar-refractivity contribution in [3.05, 3.63) is 47.5 Å². The fourth-order valence-corrected chi connectivity index (χ4v) is 5.15. The molecule has 0 fully saturated rings. The maximum absolute atomic E-state index is 14.1. The average Bonchev–Trinajstić information content (AvgIpc) is 3.23. The van der Waals surface area contributed by atoms with Crippen LogP contribution in [0.3, 0.4) is 0 Å². The Labute approximate surface area is 195 Å². The summed E-state index contributed by atoms with van der Waals surface area (Å²) in [7, 11) is 7.95. The number of fused-ring (bicyclic) bond motifs is 2. The molecule has 2 amide bonds. The topological polar surface area (TPSA) is 112 Å². The van der Waals surface area contributed by atoms with Crippen molar-refractivity contribution >= 4 is 35.1 Å². The van der Waals surface area contributed by atoms with E-state index in [0.29, 0.717) is 22.9 Å². The lowest BCUT2D eigenvalue weighted by atomic mass is 9.57. The molecule has 0 unspecified atom stereocenters. The predicted octanol–water partition coefficient (Wildman–Crippen LogP) is 1.18. The standard InChI is InChI=1S/C24H24N2O8/c1-25-17-9-7-13(31-3)11-15(17)23(19(25)27,21(29)33-5)24(22(30)34-6)16-12-14(32-4)8-10-18(16)26(2)20(24)28/h7-12H,1-6H3/t23-,24-/m1/s1. The largest absolute Gasteiger partial charge is 0.497 e. The summed E-state index contributed by atoms with van der Waals surface area (Å²) in [6.45, 7) is 0. The summed E-state index contributed by atoms with van der Waals surface area (Å²) >= 11 is 0. The van der Waals surface area contributed by atoms with Crippen LogP contribution in [0.25, 0.3) is 0 Å². The lowest BCUT2D eigenvalue weighted by Gasteiger charge is -2.39. The second-order valence-corrected chi connectivity index (χ2v) is 7.98. The number of nitrogens with zero attached hydrogens (tertiary/aromatic N) is 2. The molecule has 4 rings (SSSR count). The number of carbonyl (C=O) groups is 4. The molecule has 0 aromatic heterocycles. The quantitative estimate of drug-likeness (QED) is 0.475. The molecule has 2 heterocycles. The van der Waals surface area contributed by atoms with Crippen LogP contribution in [-0.4, -0.2) is 66.3 Å². The molecule has 2 aliphatic rings. The van der Waals surface area contributed by atoms with Crippen molar-refractivity contribution in [2.75, 3.05) is 52.3 Å². The SMILES string of the molecule is COC(=O)[C@]1([C@@]2(C(=O)OC)C(=O)N(C)c3ccc(OC)cc32)C(=O)N(C)c2ccc(OC)cc21. The zero-order valence-electron chi connectivity index (χ0n) is 19.6. The molecule has 0 saturated carbocycles. The number of amides is 2. The summed E-state index contributed by atoms with van der Waals surface area (Å²) in [6.07, 6.45) is 0. The predicted molar refractivity (Wildman–Crippen MR) is 120 cm³/mol. The first-order valence-corrected chi connectivity index (χ1v) is 10.3. The summed E-state index contributed by atoms with van der Waals surface area (Å²) in [6, 6.07) is 9.31. The van der Waals surface area contributed by atoms with Crippen LogP contribution in [0.5, 0.6) is 11.5 Å². The third-order valence-corrected chi connectivity index (χ3v) is 6.73. The molecular weight excluding hydrogens is 444 g/mol. The van der Waals surface area contributed by atoms with E-state index in [4.69, 9.17) is 18.9 Å². The molecule has 0 saturated heterocycles. The number of methoxy groups -OCH3 is 4. The summed E-state index contributed by atoms with van der Waals surface area (Å²) in [4.78, 5) is 58.1. The van der Waals surface area contributed by atoms with Crippen LogP contribution in [0.4, 0.5) is 11.4 Å². The van der Waals surface area contributed by atoms with E-state index in [-0.39, 0.29) is 11.1 Å². The minimum absolute atomic E-state index is 0.0917. The minimum atomic E-state index is -2.43. The van der Waals surface area contributed by atoms with Gasteiger partial charge in [0.15, 0.2) is 0 Å². The molecule has 2 aromatic rings. The summed E-state index contributed by atoms with van der Waals surface area (Å²) < 4.78 is 21.0. The van der Waals surface area contributed by atoms with Crippen molar-refractivity contribution in [1.82, 2.24) is 0 Å². The van der Waals surface area contributed by atoms with Crippen LogP contribution in [0.2, 0.25) is 0 Å². The van der Waals surface area contributed by atoms with E-state index in [1.54, 1.807) is 24.3 Å². The molecule has 0 spiro atoms. The van der Waals surface area contributed by atoms with Gasteiger partial charge in [-0.1, -0.05) is 0 Å². The Bertz CT molecular complexity index is 1150. The number of ether oxygens (including phenoxy) is 4. The smallest absolute Gasteiger partial charge is 0.328 e. The van der Waals surface area contributed by atoms with Gasteiger partial charge in [-0.25, -0.2) is 0 Å². The zero-order chi connectivity index (χ0) is 25.0. The Balaban J connectivity index is 2.26. The van der Waals surface area contributed by atoms with Crippen LogP contribution in [0.1, 0.15) is 11.1 Å². The van der Waals surface area contributed by atoms with Crippen LogP contribution in [0, 0.1) is 0 Å². The maximum atomic E-state index is 14.1. The number of hydrogen-bond donors (Lipinski definition) is 0. The van der Waals surface area contributed by atoms with Gasteiger partial charge in [-0.05, 0) is 36.4 Å². The zero-order valence-corrected chi connectivity index (χ0v) is 19.6. The van der Waals surface area contributed by atoms with Crippen LogP contribution in [-0.2, 0) is 39.5 Å². The summed E-state index contributed by atoms with van der Waals surface area (Å²) in [5, 5.41) is 0. The first kappa shape index (κ1) is 23.1. The van der Waals surface area contributed by atoms with Crippen LogP contribution < -0.4 is 19.3 Å². The Kier molecular flexibility index (Phi) is 5.27. The Morgan fingerprint density at radius 1 is 0.676 bits per heavy atom. The van der Waals surface area contributed by atoms with E-state index in [0.717, 1.165) is 14.2 Å². The molecule has 34 heavy (non-hydrogen) atoms. The van der Waals surface area contributed by atoms with Crippen LogP contribution >= 0.6 is 0 Å². The first-order chi connectivity index (χ1) is 16.2. The highest BCUT2D eigenvalue weighted by molar-refractivity contribution is 6.34. The molecule has 10 nitrogen and oxygen atoms in total. The van der Waals surface area contributed by atoms with Crippen molar-refractivity contribution in [1.29, 1.82) is 0 Å². The molecule has 0 bridgehead atoms. The molecule has 178 valence electrons. The Hall–Kier alpha value is -4.08. The van der Waals surface area contributed by atoms with Crippen molar-refractivity contribution in [2.24, 2.45) is 0 Å². The molecule has 0 aliphatic carbocycles. The summed E-state index contributed by atoms with van der Waals surface area (Å²) in [5.74, 6) is -3.16. The lowest BCUT2D eigenvalue weighted by molar-refractivity contribution is -0.168. The van der Waals surface area contributed by atoms with Gasteiger partial charge in [0.1, 0.15) is 11.5 Å². The number of carbonyl (C=O) groups excluding carboxylic acids is 4. The number of likely N-dealkylation sites (N-methyl/N-ethyl adjacent to an activating group) is 2. The fourth-order valence-electron chi connectivity index (χ4n) is 5.15. The van der Waals surface area contributed by atoms with E-state index in [1.807, 2.05) is 0 Å². The second-order valence-electron chi connectivity index (χ2n) is 7.98. The maximum Gasteiger partial charge on any atom is 0.328 e. The molecule has 0 N–H and O–H groups in total. The molecule has 2 aliphatic heterocycles. The van der Waals surface area contributed by atoms with Gasteiger partial charge in [0.05, 0.1) is 28.4 Å². The van der Waals surface area contributed by atoms with Gasteiger partial charge >= 0.3 is 11.9 Å². The Morgan fingerprint density at radius 3 is 1.32 bits per heavy atom. The number of esters is 2. The van der Waals surface area contributed by atoms with Crippen molar-refractivity contribution in [3.8, 4) is 11.5 Å². The third kappa shape index (κ3) is 2.45. The van der Waals surface area contributed by atoms with E-state index < -0.39 is 34.6 Å². The number of rotatable bonds is 5. The number of anilines is 2. The fraction of sp³-hybridized carbons (Fsp3) is 0.333. The normalized spacial score (nSPS) is 22.9. The number of hydrogen-bond acceptors (Lipinski definition) is 8. The molecule has 2 atom stereocenters. The molecule has 0 radical (unpaired) electrons. The van der Waals surface area contributed by atoms with Gasteiger partial charge in [-0.3, -0.25) is 19.2 Å². The van der Waals surface area contributed by atoms with Crippen molar-refractivity contribution in [3.63, 3.8) is 0 Å². The summed E-state index contributed by atoms with van der Waals surface area (Å²) in [5.41, 5.74) is -4.03. The van der Waals surface area contributed by atoms with Crippen LogP contribution in [0.15, 0.2) is 36.4 Å². The van der Waals surface area contributed by atoms with Gasteiger partial charge in [-0.2, -0.15) is 0 Å². The highest BCUT2D eigenvalue weighted by Gasteiger charge is 2.79. The van der Waals surface area contributed by atoms with E-state index in [9.17, 15) is 19.2 Å². The van der Waals surface area contributed by atoms with Gasteiger partial charge in [0.2, 0.25) is 10.8 Å². The highest BCUT2D eigenvalue weighted by Crippen LogP contribution is 2.59. The molecular formula is C24H24N2O8. The average molecular weight is 468 g/mol. The highest BCUT2D eigenvalue weighted by atomic mass is 16.5. The Morgan fingerprint density at radius 2 is 1.03 bits per heavy atom. The van der Waals surface area contributed by atoms with E-state index in [1.165, 1.54) is 50.2 Å². The van der Waals surface area contributed by atoms with Gasteiger partial charge in [-0.15, -0.1) is 0 Å². The molecule has 10 heteroatoms. The van der Waals surface area contributed by atoms with E-state index in [2.05, 4.69) is 0 Å². The molecule has 2 aromatic carbocycles. The number of benzene rings is 2. The van der Waals surface area contributed by atoms with Gasteiger partial charge < -0.3 is 28.7 Å². The second kappa shape index (κ2) is 7.75. The van der Waals surface area contributed by atoms with Gasteiger partial charge in [0.25, 0.3) is 11.8 Å². The lowest BCUT2D eigenvalue weighted by Crippen LogP contribution is -2.67. The van der Waals surface area contributed by atoms with Crippen molar-refractivity contribution in [2.45, 2.75) is 10.8 Å². The monoisotopic (exact) mass is 468 g/mol. The van der Waals surface area contributed by atoms with E-state index >= 15 is 0 Å². The van der Waals surface area contributed by atoms with Crippen molar-refractivity contribution < 1.29 is 38.1 Å². The minimum Gasteiger partial charge on any atom is -0.497 e. The van der Waals surface area contributed by atoms with Gasteiger partial charge in [0, 0.05) is 36.6 Å². The first-order valence-electron chi connectivity index (χ1n) is 10.3.